The Morgan fingerprint density at radius 3 is 2.30 bits per heavy atom. The third-order valence-corrected chi connectivity index (χ3v) is 3.27. The van der Waals surface area contributed by atoms with Gasteiger partial charge < -0.3 is 9.84 Å². The van der Waals surface area contributed by atoms with Crippen molar-refractivity contribution in [3.8, 4) is 5.75 Å². The van der Waals surface area contributed by atoms with E-state index < -0.39 is 5.97 Å². The quantitative estimate of drug-likeness (QED) is 0.794. The van der Waals surface area contributed by atoms with Crippen LogP contribution in [-0.2, 0) is 4.79 Å². The van der Waals surface area contributed by atoms with E-state index in [1.807, 2.05) is 29.2 Å². The molecule has 0 aliphatic heterocycles. The lowest BCUT2D eigenvalue weighted by atomic mass is 10.0. The number of carbonyl (C=O) groups is 1. The molecule has 0 radical (unpaired) electrons. The molecule has 1 rings (SSSR count). The first-order valence-corrected chi connectivity index (χ1v) is 7.07. The van der Waals surface area contributed by atoms with Crippen LogP contribution in [0.15, 0.2) is 24.3 Å². The molecular formula is C16H25NO3. The van der Waals surface area contributed by atoms with Gasteiger partial charge in [-0.15, -0.1) is 0 Å². The fourth-order valence-electron chi connectivity index (χ4n) is 2.48. The van der Waals surface area contributed by atoms with Crippen LogP contribution in [0.2, 0.25) is 0 Å². The van der Waals surface area contributed by atoms with Crippen LogP contribution >= 0.6 is 0 Å². The third-order valence-electron chi connectivity index (χ3n) is 3.27. The number of rotatable bonds is 8. The molecule has 0 spiro atoms. The number of hydrogen-bond acceptors (Lipinski definition) is 3. The van der Waals surface area contributed by atoms with Crippen molar-refractivity contribution in [1.29, 1.82) is 0 Å². The summed E-state index contributed by atoms with van der Waals surface area (Å²) in [5.74, 6) is 0.469. The SMILES string of the molecule is CCC(c1ccc(OC)cc1)N(CC(=O)O)CC(C)C. The van der Waals surface area contributed by atoms with Crippen molar-refractivity contribution in [2.24, 2.45) is 5.92 Å². The molecule has 4 nitrogen and oxygen atoms in total. The summed E-state index contributed by atoms with van der Waals surface area (Å²) >= 11 is 0. The molecule has 20 heavy (non-hydrogen) atoms. The molecular weight excluding hydrogens is 254 g/mol. The summed E-state index contributed by atoms with van der Waals surface area (Å²) in [7, 11) is 1.64. The Labute approximate surface area is 121 Å². The van der Waals surface area contributed by atoms with Crippen LogP contribution in [0.5, 0.6) is 5.75 Å². The highest BCUT2D eigenvalue weighted by molar-refractivity contribution is 5.69. The summed E-state index contributed by atoms with van der Waals surface area (Å²) in [4.78, 5) is 13.1. The van der Waals surface area contributed by atoms with Crippen LogP contribution in [0.4, 0.5) is 0 Å². The Balaban J connectivity index is 2.94. The van der Waals surface area contributed by atoms with Crippen molar-refractivity contribution < 1.29 is 14.6 Å². The van der Waals surface area contributed by atoms with E-state index in [0.717, 1.165) is 24.3 Å². The predicted molar refractivity (Wildman–Crippen MR) is 80.1 cm³/mol. The van der Waals surface area contributed by atoms with Gasteiger partial charge in [-0.3, -0.25) is 9.69 Å². The molecule has 1 aromatic carbocycles. The van der Waals surface area contributed by atoms with Crippen molar-refractivity contribution in [2.45, 2.75) is 33.2 Å². The van der Waals surface area contributed by atoms with Gasteiger partial charge in [0.1, 0.15) is 5.75 Å². The Kier molecular flexibility index (Phi) is 6.52. The molecule has 112 valence electrons. The Morgan fingerprint density at radius 2 is 1.90 bits per heavy atom. The minimum Gasteiger partial charge on any atom is -0.497 e. The zero-order valence-corrected chi connectivity index (χ0v) is 12.8. The number of carboxylic acid groups (broad SMARTS) is 1. The number of nitrogens with zero attached hydrogens (tertiary/aromatic N) is 1. The monoisotopic (exact) mass is 279 g/mol. The molecule has 0 heterocycles. The van der Waals surface area contributed by atoms with Crippen molar-refractivity contribution in [3.63, 3.8) is 0 Å². The summed E-state index contributed by atoms with van der Waals surface area (Å²) in [6.45, 7) is 7.15. The topological polar surface area (TPSA) is 49.8 Å². The molecule has 1 aromatic rings. The molecule has 0 saturated carbocycles. The summed E-state index contributed by atoms with van der Waals surface area (Å²) < 4.78 is 5.16. The van der Waals surface area contributed by atoms with Gasteiger partial charge in [0.15, 0.2) is 0 Å². The fourth-order valence-corrected chi connectivity index (χ4v) is 2.48. The van der Waals surface area contributed by atoms with Crippen molar-refractivity contribution in [1.82, 2.24) is 4.90 Å². The number of aliphatic carboxylic acids is 1. The van der Waals surface area contributed by atoms with Gasteiger partial charge in [-0.1, -0.05) is 32.9 Å². The Hall–Kier alpha value is -1.55. The van der Waals surface area contributed by atoms with Gasteiger partial charge in [-0.25, -0.2) is 0 Å². The number of carboxylic acids is 1. The molecule has 0 amide bonds. The number of benzene rings is 1. The standard InChI is InChI=1S/C16H25NO3/c1-5-15(13-6-8-14(20-4)9-7-13)17(10-12(2)3)11-16(18)19/h6-9,12,15H,5,10-11H2,1-4H3,(H,18,19). The average Bonchev–Trinajstić information content (AvgIpc) is 2.39. The van der Waals surface area contributed by atoms with Gasteiger partial charge in [0.05, 0.1) is 13.7 Å². The lowest BCUT2D eigenvalue weighted by molar-refractivity contribution is -0.139. The number of methoxy groups -OCH3 is 1. The first kappa shape index (κ1) is 16.5. The van der Waals surface area contributed by atoms with Gasteiger partial charge in [-0.2, -0.15) is 0 Å². The first-order chi connectivity index (χ1) is 9.47. The highest BCUT2D eigenvalue weighted by Gasteiger charge is 2.21. The van der Waals surface area contributed by atoms with Gasteiger partial charge in [-0.05, 0) is 30.0 Å². The van der Waals surface area contributed by atoms with E-state index in [0.29, 0.717) is 5.92 Å². The van der Waals surface area contributed by atoms with Gasteiger partial charge in [0.25, 0.3) is 0 Å². The largest absolute Gasteiger partial charge is 0.497 e. The van der Waals surface area contributed by atoms with Gasteiger partial charge in [0, 0.05) is 12.6 Å². The lowest BCUT2D eigenvalue weighted by Gasteiger charge is -2.31. The molecule has 1 unspecified atom stereocenters. The zero-order chi connectivity index (χ0) is 15.1. The highest BCUT2D eigenvalue weighted by Crippen LogP contribution is 2.26. The van der Waals surface area contributed by atoms with E-state index in [1.165, 1.54) is 0 Å². The van der Waals surface area contributed by atoms with Crippen LogP contribution in [0.3, 0.4) is 0 Å². The van der Waals surface area contributed by atoms with E-state index in [1.54, 1.807) is 7.11 Å². The maximum Gasteiger partial charge on any atom is 0.317 e. The molecule has 0 saturated heterocycles. The smallest absolute Gasteiger partial charge is 0.317 e. The Morgan fingerprint density at radius 1 is 1.30 bits per heavy atom. The molecule has 0 aromatic heterocycles. The molecule has 0 bridgehead atoms. The molecule has 0 aliphatic rings. The molecule has 1 atom stereocenters. The summed E-state index contributed by atoms with van der Waals surface area (Å²) in [5.41, 5.74) is 1.13. The van der Waals surface area contributed by atoms with Crippen LogP contribution in [-0.4, -0.2) is 36.2 Å². The lowest BCUT2D eigenvalue weighted by Crippen LogP contribution is -2.36. The van der Waals surface area contributed by atoms with E-state index in [9.17, 15) is 4.79 Å². The van der Waals surface area contributed by atoms with Crippen LogP contribution in [0, 0.1) is 5.92 Å². The van der Waals surface area contributed by atoms with Crippen LogP contribution in [0.25, 0.3) is 0 Å². The van der Waals surface area contributed by atoms with E-state index in [-0.39, 0.29) is 12.6 Å². The average molecular weight is 279 g/mol. The third kappa shape index (κ3) is 4.85. The van der Waals surface area contributed by atoms with Crippen LogP contribution < -0.4 is 4.74 Å². The van der Waals surface area contributed by atoms with Crippen molar-refractivity contribution in [2.75, 3.05) is 20.2 Å². The molecule has 1 N–H and O–H groups in total. The molecule has 0 aliphatic carbocycles. The summed E-state index contributed by atoms with van der Waals surface area (Å²) in [5, 5.41) is 9.11. The predicted octanol–water partition coefficient (Wildman–Crippen LogP) is 3.19. The molecule has 4 heteroatoms. The maximum absolute atomic E-state index is 11.1. The Bertz CT molecular complexity index is 414. The van der Waals surface area contributed by atoms with Crippen molar-refractivity contribution >= 4 is 5.97 Å². The van der Waals surface area contributed by atoms with Gasteiger partial charge in [0.2, 0.25) is 0 Å². The first-order valence-electron chi connectivity index (χ1n) is 7.07. The summed E-state index contributed by atoms with van der Waals surface area (Å²) in [6, 6.07) is 8.00. The van der Waals surface area contributed by atoms with Crippen molar-refractivity contribution in [3.05, 3.63) is 29.8 Å². The normalized spacial score (nSPS) is 12.7. The van der Waals surface area contributed by atoms with E-state index in [4.69, 9.17) is 9.84 Å². The van der Waals surface area contributed by atoms with E-state index in [2.05, 4.69) is 20.8 Å². The summed E-state index contributed by atoms with van der Waals surface area (Å²) in [6.07, 6.45) is 0.881. The zero-order valence-electron chi connectivity index (χ0n) is 12.8. The second kappa shape index (κ2) is 7.90. The van der Waals surface area contributed by atoms with Gasteiger partial charge >= 0.3 is 5.97 Å². The van der Waals surface area contributed by atoms with E-state index >= 15 is 0 Å². The second-order valence-electron chi connectivity index (χ2n) is 5.41. The molecule has 0 fully saturated rings. The highest BCUT2D eigenvalue weighted by atomic mass is 16.5. The maximum atomic E-state index is 11.1. The number of hydrogen-bond donors (Lipinski definition) is 1. The fraction of sp³-hybridized carbons (Fsp3) is 0.562. The minimum absolute atomic E-state index is 0.0721. The minimum atomic E-state index is -0.780. The number of ether oxygens (including phenoxy) is 1. The van der Waals surface area contributed by atoms with Crippen LogP contribution in [0.1, 0.15) is 38.8 Å². The second-order valence-corrected chi connectivity index (χ2v) is 5.41.